The van der Waals surface area contributed by atoms with E-state index >= 15 is 0 Å². The Balaban J connectivity index is 0.000000145. The number of benzene rings is 19. The Hall–Kier alpha value is -15.2. The van der Waals surface area contributed by atoms with Gasteiger partial charge in [0.2, 0.25) is 0 Å². The summed E-state index contributed by atoms with van der Waals surface area (Å²) in [5, 5.41) is 4.72. The maximum absolute atomic E-state index is 6.80. The first kappa shape index (κ1) is 71.4. The molecule has 0 amide bonds. The van der Waals surface area contributed by atoms with Gasteiger partial charge in [-0.2, -0.15) is 0 Å². The molecule has 3 nitrogen and oxygen atoms in total. The summed E-state index contributed by atoms with van der Waals surface area (Å²) in [6.45, 7) is 0. The smallest absolute Gasteiger partial charge is 0.137 e. The van der Waals surface area contributed by atoms with Gasteiger partial charge in [-0.15, -0.1) is 11.3 Å². The molecule has 4 heteroatoms. The van der Waals surface area contributed by atoms with Gasteiger partial charge in [-0.25, -0.2) is 0 Å². The van der Waals surface area contributed by atoms with Crippen LogP contribution in [0.2, 0.25) is 0 Å². The van der Waals surface area contributed by atoms with E-state index in [1.807, 2.05) is 11.3 Å². The third-order valence-corrected chi connectivity index (χ3v) is 25.8. The molecule has 0 aliphatic heterocycles. The lowest BCUT2D eigenvalue weighted by Crippen LogP contribution is -2.28. The number of anilines is 6. The van der Waals surface area contributed by atoms with Crippen LogP contribution in [0.4, 0.5) is 34.1 Å². The molecular weight excluding hydrogens is 1470 g/mol. The second kappa shape index (κ2) is 30.1. The lowest BCUT2D eigenvalue weighted by atomic mass is 9.67. The van der Waals surface area contributed by atoms with Crippen molar-refractivity contribution in [1.82, 2.24) is 0 Å². The Morgan fingerprint density at radius 2 is 0.542 bits per heavy atom. The van der Waals surface area contributed by atoms with E-state index in [1.54, 1.807) is 0 Å². The van der Waals surface area contributed by atoms with E-state index in [1.165, 1.54) is 137 Å². The van der Waals surface area contributed by atoms with Crippen molar-refractivity contribution in [3.8, 4) is 77.9 Å². The van der Waals surface area contributed by atoms with Gasteiger partial charge in [-0.1, -0.05) is 364 Å². The normalized spacial score (nSPS) is 12.6. The SMILES string of the molecule is c1ccc(-c2ccc(C3(c4ccc5oc6cccc(N(c7ccccc7)c7cccc(-c8cccc(-c9ccccc9)c8)c7)c6c5c4)c4ccccc4-c4ccccc43)cc2)cc1.c1ccc(-c2cccc(-c3cccc(N(c4ccccc4)c4ccc5c(c4)sc4ccc(C6(c7ccccc7)c7ccccc7-c7ccccc76)cc45)c3)c2)cc1. The average molecular weight is 1550 g/mol. The zero-order valence-electron chi connectivity index (χ0n) is 65.7. The summed E-state index contributed by atoms with van der Waals surface area (Å²) in [5.74, 6) is 0. The predicted octanol–water partition coefficient (Wildman–Crippen LogP) is 31.6. The van der Waals surface area contributed by atoms with E-state index < -0.39 is 10.8 Å². The standard InChI is InChI=1S/C61H41NO.C55H37NS/c1-4-17-42(18-5-1)44-33-35-48(36-34-44)61(55-29-12-10-27-52(55)53-28-11-13-30-56(53)61)49-37-38-58-54(41-49)60-57(31-16-32-59(60)63-58)62(50-24-8-3-9-25-50)51-26-15-23-47(40-51)46-22-14-21-45(39-46)43-19-6-2-7-20-43;1-4-16-38(17-5-1)39-18-14-19-40(34-39)41-20-15-25-45(35-41)56(44-23-8-3-9-24-44)46-31-32-49-50-36-43(30-33-53(50)57-54(49)37-46)55(42-21-6-2-7-22-42)51-28-12-10-26-47(51)48-27-11-13-29-52(48)55/h1-41H;1-37H. The van der Waals surface area contributed by atoms with E-state index in [9.17, 15) is 0 Å². The first-order chi connectivity index (χ1) is 59.5. The summed E-state index contributed by atoms with van der Waals surface area (Å²) in [7, 11) is 0. The van der Waals surface area contributed by atoms with Gasteiger partial charge in [0.1, 0.15) is 11.2 Å². The number of hydrogen-bond donors (Lipinski definition) is 0. The molecule has 0 N–H and O–H groups in total. The molecule has 23 rings (SSSR count). The Bertz CT molecular complexity index is 7310. The first-order valence-corrected chi connectivity index (χ1v) is 42.1. The number of hydrogen-bond acceptors (Lipinski definition) is 4. The second-order valence-electron chi connectivity index (χ2n) is 31.3. The molecule has 2 heterocycles. The van der Waals surface area contributed by atoms with Crippen molar-refractivity contribution in [2.24, 2.45) is 0 Å². The van der Waals surface area contributed by atoms with Crippen LogP contribution in [-0.4, -0.2) is 0 Å². The van der Waals surface area contributed by atoms with Crippen molar-refractivity contribution in [2.45, 2.75) is 10.8 Å². The highest BCUT2D eigenvalue weighted by Gasteiger charge is 2.48. The molecule has 0 bridgehead atoms. The van der Waals surface area contributed by atoms with Crippen LogP contribution in [0.1, 0.15) is 44.5 Å². The average Bonchev–Trinajstić information content (AvgIpc) is 1.46. The summed E-state index contributed by atoms with van der Waals surface area (Å²) in [5.41, 5.74) is 34.6. The van der Waals surface area contributed by atoms with Crippen LogP contribution in [0.15, 0.2) is 478 Å². The fourth-order valence-corrected chi connectivity index (χ4v) is 20.5. The molecule has 0 saturated heterocycles. The Labute approximate surface area is 703 Å². The lowest BCUT2D eigenvalue weighted by Gasteiger charge is -2.34. The zero-order chi connectivity index (χ0) is 79.5. The Kier molecular flexibility index (Phi) is 17.9. The van der Waals surface area contributed by atoms with Crippen molar-refractivity contribution < 1.29 is 4.42 Å². The largest absolute Gasteiger partial charge is 0.456 e. The minimum absolute atomic E-state index is 0.424. The molecule has 19 aromatic carbocycles. The molecule has 2 aromatic heterocycles. The van der Waals surface area contributed by atoms with E-state index in [0.29, 0.717) is 0 Å². The molecule has 0 unspecified atom stereocenters. The third kappa shape index (κ3) is 12.2. The highest BCUT2D eigenvalue weighted by Crippen LogP contribution is 2.60. The maximum atomic E-state index is 6.80. The van der Waals surface area contributed by atoms with Gasteiger partial charge in [0.05, 0.1) is 21.9 Å². The van der Waals surface area contributed by atoms with Crippen LogP contribution in [0, 0.1) is 0 Å². The number of thiophene rings is 1. The summed E-state index contributed by atoms with van der Waals surface area (Å²) in [6, 6.07) is 172. The van der Waals surface area contributed by atoms with Crippen LogP contribution < -0.4 is 9.80 Å². The highest BCUT2D eigenvalue weighted by molar-refractivity contribution is 7.25. The molecule has 0 radical (unpaired) electrons. The summed E-state index contributed by atoms with van der Waals surface area (Å²) >= 11 is 1.87. The number of furan rings is 1. The third-order valence-electron chi connectivity index (χ3n) is 24.7. The minimum atomic E-state index is -0.573. The van der Waals surface area contributed by atoms with E-state index in [2.05, 4.69) is 483 Å². The molecule has 0 atom stereocenters. The molecule has 0 fully saturated rings. The molecular formula is C116H78N2OS. The van der Waals surface area contributed by atoms with Crippen LogP contribution in [-0.2, 0) is 10.8 Å². The molecule has 564 valence electrons. The molecule has 2 aliphatic rings. The predicted molar refractivity (Wildman–Crippen MR) is 504 cm³/mol. The van der Waals surface area contributed by atoms with Crippen molar-refractivity contribution >= 4 is 87.6 Å². The fraction of sp³-hybridized carbons (Fsp3) is 0.0172. The van der Waals surface area contributed by atoms with Crippen molar-refractivity contribution in [3.05, 3.63) is 518 Å². The van der Waals surface area contributed by atoms with Gasteiger partial charge in [0.25, 0.3) is 0 Å². The molecule has 120 heavy (non-hydrogen) atoms. The molecule has 2 aliphatic carbocycles. The quantitative estimate of drug-likeness (QED) is 0.102. The lowest BCUT2D eigenvalue weighted by molar-refractivity contribution is 0.668. The highest BCUT2D eigenvalue weighted by atomic mass is 32.1. The van der Waals surface area contributed by atoms with Crippen LogP contribution in [0.5, 0.6) is 0 Å². The van der Waals surface area contributed by atoms with Gasteiger partial charge >= 0.3 is 0 Å². The topological polar surface area (TPSA) is 19.6 Å². The van der Waals surface area contributed by atoms with Crippen LogP contribution in [0.25, 0.3) is 120 Å². The summed E-state index contributed by atoms with van der Waals surface area (Å²) in [4.78, 5) is 4.77. The Morgan fingerprint density at radius 3 is 1.05 bits per heavy atom. The van der Waals surface area contributed by atoms with E-state index in [4.69, 9.17) is 4.42 Å². The zero-order valence-corrected chi connectivity index (χ0v) is 66.6. The Morgan fingerprint density at radius 1 is 0.192 bits per heavy atom. The van der Waals surface area contributed by atoms with Crippen LogP contribution >= 0.6 is 11.3 Å². The number of para-hydroxylation sites is 2. The van der Waals surface area contributed by atoms with Gasteiger partial charge < -0.3 is 14.2 Å². The summed E-state index contributed by atoms with van der Waals surface area (Å²) in [6.07, 6.45) is 0. The van der Waals surface area contributed by atoms with Gasteiger partial charge in [0.15, 0.2) is 0 Å². The second-order valence-corrected chi connectivity index (χ2v) is 32.4. The first-order valence-electron chi connectivity index (χ1n) is 41.2. The molecule has 0 saturated carbocycles. The van der Waals surface area contributed by atoms with Crippen molar-refractivity contribution in [1.29, 1.82) is 0 Å². The van der Waals surface area contributed by atoms with Crippen molar-refractivity contribution in [3.63, 3.8) is 0 Å². The van der Waals surface area contributed by atoms with Crippen LogP contribution in [0.3, 0.4) is 0 Å². The van der Waals surface area contributed by atoms with Gasteiger partial charge in [-0.3, -0.25) is 0 Å². The molecule has 21 aromatic rings. The minimum Gasteiger partial charge on any atom is -0.456 e. The van der Waals surface area contributed by atoms with Crippen molar-refractivity contribution in [2.75, 3.05) is 9.80 Å². The number of nitrogens with zero attached hydrogens (tertiary/aromatic N) is 2. The number of fused-ring (bicyclic) bond motifs is 12. The summed E-state index contributed by atoms with van der Waals surface area (Å²) < 4.78 is 9.36. The van der Waals surface area contributed by atoms with E-state index in [-0.39, 0.29) is 0 Å². The van der Waals surface area contributed by atoms with E-state index in [0.717, 1.165) is 61.6 Å². The fourth-order valence-electron chi connectivity index (χ4n) is 19.3. The monoisotopic (exact) mass is 1550 g/mol. The maximum Gasteiger partial charge on any atom is 0.137 e. The molecule has 0 spiro atoms. The van der Waals surface area contributed by atoms with Gasteiger partial charge in [0, 0.05) is 54.0 Å². The van der Waals surface area contributed by atoms with Gasteiger partial charge in [-0.05, 0) is 232 Å². The number of rotatable bonds is 15.